The Labute approximate surface area is 119 Å². The molecule has 1 atom stereocenters. The monoisotopic (exact) mass is 262 g/mol. The van der Waals surface area contributed by atoms with Gasteiger partial charge in [-0.1, -0.05) is 23.8 Å². The van der Waals surface area contributed by atoms with Gasteiger partial charge in [0, 0.05) is 18.1 Å². The maximum Gasteiger partial charge on any atom is 0.0164 e. The van der Waals surface area contributed by atoms with Gasteiger partial charge in [0.25, 0.3) is 0 Å². The quantitative estimate of drug-likeness (QED) is 0.822. The first-order valence-electron chi connectivity index (χ1n) is 7.32. The lowest BCUT2D eigenvalue weighted by Crippen LogP contribution is -2.45. The first-order valence-corrected chi connectivity index (χ1v) is 7.32. The zero-order valence-electron chi connectivity index (χ0n) is 13.4. The average Bonchev–Trinajstić information content (AvgIpc) is 2.30. The smallest absolute Gasteiger partial charge is 0.0164 e. The van der Waals surface area contributed by atoms with Crippen LogP contribution in [-0.2, 0) is 6.42 Å². The Morgan fingerprint density at radius 3 is 2.47 bits per heavy atom. The van der Waals surface area contributed by atoms with Gasteiger partial charge in [-0.15, -0.1) is 0 Å². The average molecular weight is 262 g/mol. The predicted molar refractivity (Wildman–Crippen MR) is 84.8 cm³/mol. The molecule has 0 saturated carbocycles. The fraction of sp³-hybridized carbons (Fsp3) is 0.647. The highest BCUT2D eigenvalue weighted by Crippen LogP contribution is 2.10. The van der Waals surface area contributed by atoms with Crippen LogP contribution in [0, 0.1) is 13.8 Å². The summed E-state index contributed by atoms with van der Waals surface area (Å²) in [4.78, 5) is 0. The summed E-state index contributed by atoms with van der Waals surface area (Å²) < 4.78 is 0. The Bertz CT molecular complexity index is 391. The molecule has 0 amide bonds. The molecule has 1 rings (SSSR count). The minimum atomic E-state index is 0.197. The van der Waals surface area contributed by atoms with Crippen LogP contribution in [0.2, 0.25) is 0 Å². The summed E-state index contributed by atoms with van der Waals surface area (Å²) in [5.74, 6) is 0. The first kappa shape index (κ1) is 16.2. The van der Waals surface area contributed by atoms with Crippen molar-refractivity contribution < 1.29 is 0 Å². The van der Waals surface area contributed by atoms with E-state index in [2.05, 4.69) is 70.4 Å². The lowest BCUT2D eigenvalue weighted by atomic mass is 10.0. The molecule has 0 heterocycles. The number of nitrogens with one attached hydrogen (secondary N) is 2. The van der Waals surface area contributed by atoms with Gasteiger partial charge < -0.3 is 10.6 Å². The van der Waals surface area contributed by atoms with Crippen molar-refractivity contribution >= 4 is 0 Å². The molecule has 0 aromatic heterocycles. The summed E-state index contributed by atoms with van der Waals surface area (Å²) >= 11 is 0. The molecule has 0 fully saturated rings. The van der Waals surface area contributed by atoms with Crippen LogP contribution in [0.5, 0.6) is 0 Å². The molecule has 108 valence electrons. The molecule has 1 aromatic rings. The van der Waals surface area contributed by atoms with Crippen molar-refractivity contribution in [2.75, 3.05) is 13.1 Å². The molecule has 0 aliphatic carbocycles. The van der Waals surface area contributed by atoms with E-state index in [-0.39, 0.29) is 5.54 Å². The van der Waals surface area contributed by atoms with Crippen LogP contribution in [0.3, 0.4) is 0 Å². The van der Waals surface area contributed by atoms with Crippen LogP contribution < -0.4 is 10.6 Å². The van der Waals surface area contributed by atoms with Gasteiger partial charge in [-0.05, 0) is 65.6 Å². The Kier molecular flexibility index (Phi) is 6.02. The van der Waals surface area contributed by atoms with E-state index in [1.165, 1.54) is 16.7 Å². The van der Waals surface area contributed by atoms with E-state index < -0.39 is 0 Å². The number of hydrogen-bond acceptors (Lipinski definition) is 2. The van der Waals surface area contributed by atoms with E-state index in [1.54, 1.807) is 0 Å². The van der Waals surface area contributed by atoms with Crippen molar-refractivity contribution in [2.24, 2.45) is 0 Å². The molecular formula is C17H30N2. The molecule has 2 N–H and O–H groups in total. The number of benzene rings is 1. The van der Waals surface area contributed by atoms with Crippen molar-refractivity contribution in [3.63, 3.8) is 0 Å². The summed E-state index contributed by atoms with van der Waals surface area (Å²) in [5.41, 5.74) is 4.41. The van der Waals surface area contributed by atoms with E-state index in [0.29, 0.717) is 6.04 Å². The highest BCUT2D eigenvalue weighted by molar-refractivity contribution is 5.30. The van der Waals surface area contributed by atoms with Crippen molar-refractivity contribution in [3.05, 3.63) is 34.9 Å². The van der Waals surface area contributed by atoms with Crippen LogP contribution in [0.25, 0.3) is 0 Å². The van der Waals surface area contributed by atoms with Gasteiger partial charge in [-0.3, -0.25) is 0 Å². The fourth-order valence-corrected chi connectivity index (χ4v) is 2.05. The second-order valence-corrected chi connectivity index (χ2v) is 6.67. The third-order valence-electron chi connectivity index (χ3n) is 3.33. The predicted octanol–water partition coefficient (Wildman–Crippen LogP) is 3.21. The maximum absolute atomic E-state index is 3.59. The summed E-state index contributed by atoms with van der Waals surface area (Å²) in [6.07, 6.45) is 1.10. The Balaban J connectivity index is 2.32. The lowest BCUT2D eigenvalue weighted by Gasteiger charge is -2.24. The van der Waals surface area contributed by atoms with Crippen molar-refractivity contribution in [1.29, 1.82) is 0 Å². The molecule has 2 heteroatoms. The van der Waals surface area contributed by atoms with E-state index in [0.717, 1.165) is 19.5 Å². The van der Waals surface area contributed by atoms with Crippen LogP contribution in [0.1, 0.15) is 44.4 Å². The Morgan fingerprint density at radius 1 is 1.16 bits per heavy atom. The standard InChI is InChI=1S/C17H30N2/c1-13-7-8-14(2)16(11-13)9-10-18-15(3)12-19-17(4,5)6/h7-8,11,15,18-19H,9-10,12H2,1-6H3. The van der Waals surface area contributed by atoms with E-state index in [1.807, 2.05) is 0 Å². The summed E-state index contributed by atoms with van der Waals surface area (Å²) in [7, 11) is 0. The van der Waals surface area contributed by atoms with Crippen molar-refractivity contribution in [3.8, 4) is 0 Å². The molecule has 0 bridgehead atoms. The molecule has 0 saturated heterocycles. The van der Waals surface area contributed by atoms with Crippen LogP contribution in [-0.4, -0.2) is 24.7 Å². The lowest BCUT2D eigenvalue weighted by molar-refractivity contribution is 0.389. The van der Waals surface area contributed by atoms with Gasteiger partial charge in [0.15, 0.2) is 0 Å². The molecule has 1 unspecified atom stereocenters. The molecule has 0 radical (unpaired) electrons. The van der Waals surface area contributed by atoms with Gasteiger partial charge in [-0.25, -0.2) is 0 Å². The highest BCUT2D eigenvalue weighted by atomic mass is 15.0. The van der Waals surface area contributed by atoms with Crippen LogP contribution >= 0.6 is 0 Å². The number of aryl methyl sites for hydroxylation is 2. The topological polar surface area (TPSA) is 24.1 Å². The molecule has 0 aliphatic rings. The second-order valence-electron chi connectivity index (χ2n) is 6.67. The minimum absolute atomic E-state index is 0.197. The number of hydrogen-bond donors (Lipinski definition) is 2. The molecule has 0 aliphatic heterocycles. The SMILES string of the molecule is Cc1ccc(C)c(CCNC(C)CNC(C)(C)C)c1. The largest absolute Gasteiger partial charge is 0.313 e. The Morgan fingerprint density at radius 2 is 1.84 bits per heavy atom. The molecule has 1 aromatic carbocycles. The van der Waals surface area contributed by atoms with Crippen molar-refractivity contribution in [1.82, 2.24) is 10.6 Å². The summed E-state index contributed by atoms with van der Waals surface area (Å²) in [6, 6.07) is 7.20. The van der Waals surface area contributed by atoms with Crippen LogP contribution in [0.4, 0.5) is 0 Å². The minimum Gasteiger partial charge on any atom is -0.313 e. The van der Waals surface area contributed by atoms with Gasteiger partial charge in [0.05, 0.1) is 0 Å². The van der Waals surface area contributed by atoms with E-state index in [4.69, 9.17) is 0 Å². The van der Waals surface area contributed by atoms with Crippen molar-refractivity contribution in [2.45, 2.75) is 59.5 Å². The normalized spacial score (nSPS) is 13.6. The zero-order chi connectivity index (χ0) is 14.5. The van der Waals surface area contributed by atoms with Gasteiger partial charge in [-0.2, -0.15) is 0 Å². The zero-order valence-corrected chi connectivity index (χ0v) is 13.4. The fourth-order valence-electron chi connectivity index (χ4n) is 2.05. The molecule has 19 heavy (non-hydrogen) atoms. The third-order valence-corrected chi connectivity index (χ3v) is 3.33. The van der Waals surface area contributed by atoms with Gasteiger partial charge in [0.2, 0.25) is 0 Å². The summed E-state index contributed by atoms with van der Waals surface area (Å²) in [6.45, 7) is 15.3. The van der Waals surface area contributed by atoms with Gasteiger partial charge >= 0.3 is 0 Å². The van der Waals surface area contributed by atoms with Gasteiger partial charge in [0.1, 0.15) is 0 Å². The number of rotatable bonds is 6. The molecule has 2 nitrogen and oxygen atoms in total. The van der Waals surface area contributed by atoms with Crippen LogP contribution in [0.15, 0.2) is 18.2 Å². The second kappa shape index (κ2) is 7.06. The van der Waals surface area contributed by atoms with E-state index >= 15 is 0 Å². The summed E-state index contributed by atoms with van der Waals surface area (Å²) in [5, 5.41) is 7.12. The maximum atomic E-state index is 3.59. The van der Waals surface area contributed by atoms with E-state index in [9.17, 15) is 0 Å². The molecule has 0 spiro atoms. The molecular weight excluding hydrogens is 232 g/mol. The Hall–Kier alpha value is -0.860. The third kappa shape index (κ3) is 6.74. The highest BCUT2D eigenvalue weighted by Gasteiger charge is 2.10. The first-order chi connectivity index (χ1) is 8.78.